The second-order valence-corrected chi connectivity index (χ2v) is 6.21. The summed E-state index contributed by atoms with van der Waals surface area (Å²) in [6.45, 7) is 8.87. The predicted molar refractivity (Wildman–Crippen MR) is 83.7 cm³/mol. The van der Waals surface area contributed by atoms with E-state index in [0.29, 0.717) is 0 Å². The van der Waals surface area contributed by atoms with Gasteiger partial charge in [-0.15, -0.1) is 0 Å². The zero-order chi connectivity index (χ0) is 14.7. The Hall–Kier alpha value is -0.160. The maximum absolute atomic E-state index is 9.49. The van der Waals surface area contributed by atoms with Gasteiger partial charge in [-0.3, -0.25) is 0 Å². The van der Waals surface area contributed by atoms with Crippen LogP contribution in [0.15, 0.2) is 0 Å². The molecule has 0 heterocycles. The molecule has 0 amide bonds. The Labute approximate surface area is 120 Å². The van der Waals surface area contributed by atoms with Crippen molar-refractivity contribution in [3.8, 4) is 0 Å². The molecule has 19 heavy (non-hydrogen) atoms. The molecule has 116 valence electrons. The van der Waals surface area contributed by atoms with Crippen LogP contribution in [-0.4, -0.2) is 74.4 Å². The van der Waals surface area contributed by atoms with Crippen molar-refractivity contribution in [2.75, 3.05) is 53.9 Å². The summed E-state index contributed by atoms with van der Waals surface area (Å²) in [7, 11) is 6.41. The molecule has 0 saturated heterocycles. The number of aliphatic hydroxyl groups excluding tert-OH is 1. The Kier molecular flexibility index (Phi) is 10.5. The molecular weight excluding hydrogens is 238 g/mol. The Balaban J connectivity index is 3.70. The summed E-state index contributed by atoms with van der Waals surface area (Å²) >= 11 is 0. The van der Waals surface area contributed by atoms with Crippen LogP contribution in [0.5, 0.6) is 0 Å². The van der Waals surface area contributed by atoms with Crippen LogP contribution in [0.25, 0.3) is 0 Å². The van der Waals surface area contributed by atoms with Crippen molar-refractivity contribution in [1.82, 2.24) is 15.1 Å². The number of aliphatic hydroxyl groups is 1. The normalized spacial score (nSPS) is 15.2. The molecule has 0 aliphatic carbocycles. The average Bonchev–Trinajstić information content (AvgIpc) is 2.39. The molecule has 0 spiro atoms. The van der Waals surface area contributed by atoms with Gasteiger partial charge >= 0.3 is 0 Å². The largest absolute Gasteiger partial charge is 0.394 e. The Morgan fingerprint density at radius 3 is 2.26 bits per heavy atom. The SMILES string of the molecule is CCCNC(C)(CO)CCCCN(C)CCN(C)C. The minimum atomic E-state index is -0.0990. The van der Waals surface area contributed by atoms with Gasteiger partial charge in [-0.2, -0.15) is 0 Å². The third-order valence-corrected chi connectivity index (χ3v) is 3.60. The minimum absolute atomic E-state index is 0.0990. The van der Waals surface area contributed by atoms with Crippen molar-refractivity contribution in [3.63, 3.8) is 0 Å². The lowest BCUT2D eigenvalue weighted by molar-refractivity contribution is 0.161. The molecule has 0 aromatic carbocycles. The molecule has 0 aromatic heterocycles. The van der Waals surface area contributed by atoms with Gasteiger partial charge in [-0.1, -0.05) is 13.3 Å². The van der Waals surface area contributed by atoms with E-state index in [1.54, 1.807) is 0 Å². The molecule has 0 bridgehead atoms. The summed E-state index contributed by atoms with van der Waals surface area (Å²) in [6.07, 6.45) is 4.53. The van der Waals surface area contributed by atoms with Crippen molar-refractivity contribution in [1.29, 1.82) is 0 Å². The second-order valence-electron chi connectivity index (χ2n) is 6.21. The fraction of sp³-hybridized carbons (Fsp3) is 1.00. The van der Waals surface area contributed by atoms with Crippen molar-refractivity contribution < 1.29 is 5.11 Å². The molecule has 0 saturated carbocycles. The van der Waals surface area contributed by atoms with E-state index in [2.05, 4.69) is 50.1 Å². The molecule has 2 N–H and O–H groups in total. The van der Waals surface area contributed by atoms with Gasteiger partial charge in [0, 0.05) is 18.6 Å². The van der Waals surface area contributed by atoms with Gasteiger partial charge in [0.2, 0.25) is 0 Å². The van der Waals surface area contributed by atoms with Crippen molar-refractivity contribution in [2.24, 2.45) is 0 Å². The quantitative estimate of drug-likeness (QED) is 0.527. The molecule has 1 unspecified atom stereocenters. The first kappa shape index (κ1) is 18.8. The first-order valence-corrected chi connectivity index (χ1v) is 7.62. The summed E-state index contributed by atoms with van der Waals surface area (Å²) in [5.74, 6) is 0. The van der Waals surface area contributed by atoms with Crippen LogP contribution >= 0.6 is 0 Å². The minimum Gasteiger partial charge on any atom is -0.394 e. The summed E-state index contributed by atoms with van der Waals surface area (Å²) in [6, 6.07) is 0. The third kappa shape index (κ3) is 10.3. The van der Waals surface area contributed by atoms with E-state index < -0.39 is 0 Å². The monoisotopic (exact) mass is 273 g/mol. The molecule has 0 radical (unpaired) electrons. The van der Waals surface area contributed by atoms with Gasteiger partial charge < -0.3 is 20.2 Å². The first-order valence-electron chi connectivity index (χ1n) is 7.62. The molecule has 1 atom stereocenters. The zero-order valence-electron chi connectivity index (χ0n) is 13.7. The Morgan fingerprint density at radius 1 is 1.05 bits per heavy atom. The molecule has 4 heteroatoms. The third-order valence-electron chi connectivity index (χ3n) is 3.60. The van der Waals surface area contributed by atoms with Crippen LogP contribution < -0.4 is 5.32 Å². The number of nitrogens with one attached hydrogen (secondary N) is 1. The fourth-order valence-corrected chi connectivity index (χ4v) is 2.03. The number of likely N-dealkylation sites (N-methyl/N-ethyl adjacent to an activating group) is 2. The molecule has 0 aliphatic heterocycles. The molecular formula is C15H35N3O. The molecule has 0 aromatic rings. The van der Waals surface area contributed by atoms with Crippen LogP contribution in [0.4, 0.5) is 0 Å². The van der Waals surface area contributed by atoms with E-state index in [1.807, 2.05) is 0 Å². The van der Waals surface area contributed by atoms with E-state index in [0.717, 1.165) is 39.0 Å². The van der Waals surface area contributed by atoms with E-state index >= 15 is 0 Å². The van der Waals surface area contributed by atoms with E-state index in [-0.39, 0.29) is 12.1 Å². The summed E-state index contributed by atoms with van der Waals surface area (Å²) in [4.78, 5) is 4.60. The highest BCUT2D eigenvalue weighted by molar-refractivity contribution is 4.81. The van der Waals surface area contributed by atoms with Crippen LogP contribution in [0, 0.1) is 0 Å². The van der Waals surface area contributed by atoms with Gasteiger partial charge in [0.1, 0.15) is 0 Å². The van der Waals surface area contributed by atoms with Gasteiger partial charge in [0.05, 0.1) is 6.61 Å². The highest BCUT2D eigenvalue weighted by atomic mass is 16.3. The Bertz CT molecular complexity index is 212. The summed E-state index contributed by atoms with van der Waals surface area (Å²) in [5, 5.41) is 12.9. The second kappa shape index (κ2) is 10.6. The van der Waals surface area contributed by atoms with E-state index in [1.165, 1.54) is 12.8 Å². The van der Waals surface area contributed by atoms with E-state index in [9.17, 15) is 5.11 Å². The van der Waals surface area contributed by atoms with Gasteiger partial charge in [-0.25, -0.2) is 0 Å². The first-order chi connectivity index (χ1) is 8.93. The lowest BCUT2D eigenvalue weighted by atomic mass is 9.95. The summed E-state index contributed by atoms with van der Waals surface area (Å²) < 4.78 is 0. The van der Waals surface area contributed by atoms with Crippen LogP contribution in [0.3, 0.4) is 0 Å². The topological polar surface area (TPSA) is 38.7 Å². The molecule has 0 rings (SSSR count). The van der Waals surface area contributed by atoms with Crippen LogP contribution in [0.2, 0.25) is 0 Å². The number of unbranched alkanes of at least 4 members (excludes halogenated alkanes) is 1. The van der Waals surface area contributed by atoms with E-state index in [4.69, 9.17) is 0 Å². The van der Waals surface area contributed by atoms with Crippen molar-refractivity contribution in [2.45, 2.75) is 45.1 Å². The van der Waals surface area contributed by atoms with Gasteiger partial charge in [0.25, 0.3) is 0 Å². The predicted octanol–water partition coefficient (Wildman–Crippen LogP) is 1.40. The average molecular weight is 273 g/mol. The van der Waals surface area contributed by atoms with Crippen molar-refractivity contribution >= 4 is 0 Å². The maximum Gasteiger partial charge on any atom is 0.0610 e. The van der Waals surface area contributed by atoms with Gasteiger partial charge in [-0.05, 0) is 60.4 Å². The van der Waals surface area contributed by atoms with Crippen LogP contribution in [0.1, 0.15) is 39.5 Å². The van der Waals surface area contributed by atoms with Crippen LogP contribution in [-0.2, 0) is 0 Å². The van der Waals surface area contributed by atoms with Crippen molar-refractivity contribution in [3.05, 3.63) is 0 Å². The molecule has 4 nitrogen and oxygen atoms in total. The fourth-order valence-electron chi connectivity index (χ4n) is 2.03. The number of rotatable bonds is 12. The molecule has 0 aliphatic rings. The number of hydrogen-bond donors (Lipinski definition) is 2. The summed E-state index contributed by atoms with van der Waals surface area (Å²) in [5.41, 5.74) is -0.0990. The lowest BCUT2D eigenvalue weighted by Gasteiger charge is -2.29. The zero-order valence-corrected chi connectivity index (χ0v) is 13.7. The highest BCUT2D eigenvalue weighted by Gasteiger charge is 2.21. The van der Waals surface area contributed by atoms with Gasteiger partial charge in [0.15, 0.2) is 0 Å². The number of nitrogens with zero attached hydrogens (tertiary/aromatic N) is 2. The lowest BCUT2D eigenvalue weighted by Crippen LogP contribution is -2.46. The maximum atomic E-state index is 9.49. The smallest absolute Gasteiger partial charge is 0.0610 e. The Morgan fingerprint density at radius 2 is 1.74 bits per heavy atom. The standard InChI is InChI=1S/C15H35N3O/c1-6-10-16-15(2,14-19)9-7-8-11-18(5)13-12-17(3)4/h16,19H,6-14H2,1-5H3. The molecule has 0 fully saturated rings. The highest BCUT2D eigenvalue weighted by Crippen LogP contribution is 2.13. The number of hydrogen-bond acceptors (Lipinski definition) is 4.